The van der Waals surface area contributed by atoms with Crippen molar-refractivity contribution >= 4 is 11.4 Å². The molecule has 2 heteroatoms. The van der Waals surface area contributed by atoms with Crippen molar-refractivity contribution < 1.29 is 0 Å². The first-order chi connectivity index (χ1) is 12.4. The van der Waals surface area contributed by atoms with Gasteiger partial charge < -0.3 is 10.2 Å². The second kappa shape index (κ2) is 6.05. The molecular weight excluding hydrogens is 304 g/mol. The van der Waals surface area contributed by atoms with Crippen molar-refractivity contribution in [3.63, 3.8) is 0 Å². The molecule has 124 valence electrons. The number of hydrogen-bond donors (Lipinski definition) is 1. The lowest BCUT2D eigenvalue weighted by atomic mass is 9.95. The molecule has 0 bridgehead atoms. The second-order valence-corrected chi connectivity index (χ2v) is 6.99. The maximum atomic E-state index is 3.44. The van der Waals surface area contributed by atoms with Gasteiger partial charge in [0.05, 0.1) is 0 Å². The van der Waals surface area contributed by atoms with Crippen LogP contribution in [0.2, 0.25) is 0 Å². The Labute approximate surface area is 149 Å². The first-order valence-corrected chi connectivity index (χ1v) is 9.17. The topological polar surface area (TPSA) is 15.3 Å². The SMILES string of the molecule is c1ccc2c(c1)CCN2c1ccc(-c2ccc3c(c2)CCNC3)cc1. The average Bonchev–Trinajstić information content (AvgIpc) is 3.12. The molecular formula is C23H22N2. The van der Waals surface area contributed by atoms with Crippen LogP contribution in [0.3, 0.4) is 0 Å². The predicted octanol–water partition coefficient (Wildman–Crippen LogP) is 4.69. The van der Waals surface area contributed by atoms with E-state index in [-0.39, 0.29) is 0 Å². The minimum absolute atomic E-state index is 1.00. The third kappa shape index (κ3) is 2.63. The van der Waals surface area contributed by atoms with E-state index in [0.29, 0.717) is 0 Å². The molecule has 0 unspecified atom stereocenters. The van der Waals surface area contributed by atoms with Gasteiger partial charge in [-0.25, -0.2) is 0 Å². The van der Waals surface area contributed by atoms with Crippen molar-refractivity contribution in [3.8, 4) is 11.1 Å². The number of rotatable bonds is 2. The molecule has 1 N–H and O–H groups in total. The highest BCUT2D eigenvalue weighted by Crippen LogP contribution is 2.35. The van der Waals surface area contributed by atoms with Crippen LogP contribution >= 0.6 is 0 Å². The number of nitrogens with one attached hydrogen (secondary N) is 1. The van der Waals surface area contributed by atoms with E-state index in [1.54, 1.807) is 0 Å². The van der Waals surface area contributed by atoms with Gasteiger partial charge >= 0.3 is 0 Å². The molecule has 5 rings (SSSR count). The van der Waals surface area contributed by atoms with E-state index in [9.17, 15) is 0 Å². The zero-order chi connectivity index (χ0) is 16.6. The molecule has 0 fully saturated rings. The smallest absolute Gasteiger partial charge is 0.0444 e. The fraction of sp³-hybridized carbons (Fsp3) is 0.217. The molecule has 0 radical (unpaired) electrons. The summed E-state index contributed by atoms with van der Waals surface area (Å²) in [5.41, 5.74) is 9.67. The highest BCUT2D eigenvalue weighted by Gasteiger charge is 2.19. The van der Waals surface area contributed by atoms with Crippen LogP contribution in [0.4, 0.5) is 11.4 Å². The van der Waals surface area contributed by atoms with E-state index < -0.39 is 0 Å². The Morgan fingerprint density at radius 3 is 2.48 bits per heavy atom. The van der Waals surface area contributed by atoms with Crippen LogP contribution in [-0.2, 0) is 19.4 Å². The zero-order valence-electron chi connectivity index (χ0n) is 14.3. The van der Waals surface area contributed by atoms with Gasteiger partial charge in [0, 0.05) is 24.5 Å². The number of hydrogen-bond acceptors (Lipinski definition) is 2. The summed E-state index contributed by atoms with van der Waals surface area (Å²) in [5.74, 6) is 0. The summed E-state index contributed by atoms with van der Waals surface area (Å²) in [6, 6.07) is 24.7. The van der Waals surface area contributed by atoms with Crippen molar-refractivity contribution in [2.24, 2.45) is 0 Å². The number of fused-ring (bicyclic) bond motifs is 2. The minimum Gasteiger partial charge on any atom is -0.341 e. The molecule has 3 aromatic carbocycles. The van der Waals surface area contributed by atoms with Gasteiger partial charge in [-0.2, -0.15) is 0 Å². The molecule has 3 aromatic rings. The molecule has 0 saturated carbocycles. The molecule has 0 atom stereocenters. The molecule has 0 aromatic heterocycles. The van der Waals surface area contributed by atoms with Crippen LogP contribution in [0.1, 0.15) is 16.7 Å². The molecule has 2 heterocycles. The monoisotopic (exact) mass is 326 g/mol. The third-order valence-corrected chi connectivity index (χ3v) is 5.49. The Morgan fingerprint density at radius 2 is 1.56 bits per heavy atom. The fourth-order valence-corrected chi connectivity index (χ4v) is 4.10. The van der Waals surface area contributed by atoms with Gasteiger partial charge in [0.15, 0.2) is 0 Å². The molecule has 0 amide bonds. The van der Waals surface area contributed by atoms with Gasteiger partial charge in [-0.3, -0.25) is 0 Å². The first kappa shape index (κ1) is 14.7. The first-order valence-electron chi connectivity index (χ1n) is 9.17. The van der Waals surface area contributed by atoms with E-state index >= 15 is 0 Å². The maximum absolute atomic E-state index is 3.44. The van der Waals surface area contributed by atoms with Crippen molar-refractivity contribution in [3.05, 3.63) is 83.4 Å². The highest BCUT2D eigenvalue weighted by atomic mass is 15.2. The largest absolute Gasteiger partial charge is 0.341 e. The van der Waals surface area contributed by atoms with Crippen LogP contribution in [0, 0.1) is 0 Å². The van der Waals surface area contributed by atoms with Gasteiger partial charge in [0.2, 0.25) is 0 Å². The van der Waals surface area contributed by atoms with E-state index in [0.717, 1.165) is 32.5 Å². The second-order valence-electron chi connectivity index (χ2n) is 6.99. The summed E-state index contributed by atoms with van der Waals surface area (Å²) in [6.07, 6.45) is 2.27. The van der Waals surface area contributed by atoms with Gasteiger partial charge in [-0.05, 0) is 65.4 Å². The Kier molecular flexibility index (Phi) is 3.57. The quantitative estimate of drug-likeness (QED) is 0.735. The van der Waals surface area contributed by atoms with E-state index in [2.05, 4.69) is 76.9 Å². The number of benzene rings is 3. The molecule has 25 heavy (non-hydrogen) atoms. The van der Waals surface area contributed by atoms with Crippen LogP contribution < -0.4 is 10.2 Å². The summed E-state index contributed by atoms with van der Waals surface area (Å²) in [7, 11) is 0. The summed E-state index contributed by atoms with van der Waals surface area (Å²) in [5, 5.41) is 3.44. The molecule has 0 saturated heterocycles. The Morgan fingerprint density at radius 1 is 0.720 bits per heavy atom. The summed E-state index contributed by atoms with van der Waals surface area (Å²) in [4.78, 5) is 2.43. The van der Waals surface area contributed by atoms with Gasteiger partial charge in [0.1, 0.15) is 0 Å². The van der Waals surface area contributed by atoms with Crippen LogP contribution in [0.15, 0.2) is 66.7 Å². The number of nitrogens with zero attached hydrogens (tertiary/aromatic N) is 1. The number of anilines is 2. The molecule has 0 spiro atoms. The van der Waals surface area contributed by atoms with Crippen LogP contribution in [-0.4, -0.2) is 13.1 Å². The highest BCUT2D eigenvalue weighted by molar-refractivity contribution is 5.73. The lowest BCUT2D eigenvalue weighted by Crippen LogP contribution is -2.23. The minimum atomic E-state index is 1.00. The lowest BCUT2D eigenvalue weighted by molar-refractivity contribution is 0.644. The van der Waals surface area contributed by atoms with E-state index in [1.165, 1.54) is 39.2 Å². The standard InChI is InChI=1S/C23H22N2/c1-2-4-23-18(3-1)12-14-25(23)22-9-7-17(8-10-22)19-5-6-21-16-24-13-11-20(21)15-19/h1-10,15,24H,11-14,16H2. The lowest BCUT2D eigenvalue weighted by Gasteiger charge is -2.20. The van der Waals surface area contributed by atoms with Crippen LogP contribution in [0.5, 0.6) is 0 Å². The van der Waals surface area contributed by atoms with Gasteiger partial charge in [0.25, 0.3) is 0 Å². The molecule has 2 aliphatic rings. The Hall–Kier alpha value is -2.58. The van der Waals surface area contributed by atoms with Crippen molar-refractivity contribution in [2.75, 3.05) is 18.0 Å². The van der Waals surface area contributed by atoms with Crippen molar-refractivity contribution in [1.29, 1.82) is 0 Å². The summed E-state index contributed by atoms with van der Waals surface area (Å²) in [6.45, 7) is 3.16. The van der Waals surface area contributed by atoms with Gasteiger partial charge in [-0.15, -0.1) is 0 Å². The maximum Gasteiger partial charge on any atom is 0.0444 e. The average molecular weight is 326 g/mol. The summed E-state index contributed by atoms with van der Waals surface area (Å²) < 4.78 is 0. The van der Waals surface area contributed by atoms with E-state index in [1.807, 2.05) is 0 Å². The van der Waals surface area contributed by atoms with Crippen molar-refractivity contribution in [2.45, 2.75) is 19.4 Å². The fourth-order valence-electron chi connectivity index (χ4n) is 4.10. The zero-order valence-corrected chi connectivity index (χ0v) is 14.3. The van der Waals surface area contributed by atoms with Crippen LogP contribution in [0.25, 0.3) is 11.1 Å². The van der Waals surface area contributed by atoms with Gasteiger partial charge in [-0.1, -0.05) is 48.5 Å². The number of para-hydroxylation sites is 1. The Bertz CT molecular complexity index is 912. The van der Waals surface area contributed by atoms with Crippen molar-refractivity contribution in [1.82, 2.24) is 5.32 Å². The molecule has 2 aliphatic heterocycles. The predicted molar refractivity (Wildman–Crippen MR) is 104 cm³/mol. The summed E-state index contributed by atoms with van der Waals surface area (Å²) >= 11 is 0. The molecule has 0 aliphatic carbocycles. The Balaban J connectivity index is 1.44. The van der Waals surface area contributed by atoms with E-state index in [4.69, 9.17) is 0 Å². The third-order valence-electron chi connectivity index (χ3n) is 5.49. The normalized spacial score (nSPS) is 15.8. The molecule has 2 nitrogen and oxygen atoms in total.